The van der Waals surface area contributed by atoms with E-state index in [1.807, 2.05) is 0 Å². The number of carbonyl (C=O) groups is 3. The summed E-state index contributed by atoms with van der Waals surface area (Å²) in [5, 5.41) is 24.7. The van der Waals surface area contributed by atoms with Gasteiger partial charge in [-0.2, -0.15) is 0 Å². The second-order valence-electron chi connectivity index (χ2n) is 4.11. The molecule has 0 saturated carbocycles. The first kappa shape index (κ1) is 20.6. The number of hydrogen-bond donors (Lipinski definition) is 6. The van der Waals surface area contributed by atoms with Gasteiger partial charge in [0, 0.05) is 6.42 Å². The Kier molecular flexibility index (Phi) is 12.7. The maximum absolute atomic E-state index is 10.1. The van der Waals surface area contributed by atoms with Crippen LogP contribution in [0.5, 0.6) is 0 Å². The van der Waals surface area contributed by atoms with Gasteiger partial charge in [0.15, 0.2) is 0 Å². The van der Waals surface area contributed by atoms with Crippen molar-refractivity contribution in [2.75, 3.05) is 6.54 Å². The fraction of sp³-hybridized carbons (Fsp3) is 0.727. The lowest BCUT2D eigenvalue weighted by Gasteiger charge is -2.02. The Morgan fingerprint density at radius 3 is 1.55 bits per heavy atom. The van der Waals surface area contributed by atoms with E-state index in [4.69, 9.17) is 32.5 Å². The van der Waals surface area contributed by atoms with Gasteiger partial charge in [-0.15, -0.1) is 0 Å². The average molecular weight is 293 g/mol. The van der Waals surface area contributed by atoms with Gasteiger partial charge in [-0.05, 0) is 32.2 Å². The van der Waals surface area contributed by atoms with Gasteiger partial charge in [0.1, 0.15) is 12.1 Å². The minimum absolute atomic E-state index is 0.0268. The Hall–Kier alpha value is -1.71. The minimum Gasteiger partial charge on any atom is -0.481 e. The summed E-state index contributed by atoms with van der Waals surface area (Å²) in [6.45, 7) is 0.501. The number of carboxylic acid groups (broad SMARTS) is 3. The fourth-order valence-corrected chi connectivity index (χ4v) is 1.06. The molecule has 9 nitrogen and oxygen atoms in total. The Labute approximate surface area is 116 Å². The van der Waals surface area contributed by atoms with Crippen molar-refractivity contribution in [2.24, 2.45) is 17.2 Å². The summed E-state index contributed by atoms with van der Waals surface area (Å²) in [5.41, 5.74) is 15.4. The molecule has 0 aliphatic carbocycles. The first-order chi connectivity index (χ1) is 9.22. The molecular formula is C11H23N3O6. The highest BCUT2D eigenvalue weighted by Crippen LogP contribution is 1.98. The number of rotatable bonds is 9. The van der Waals surface area contributed by atoms with E-state index in [2.05, 4.69) is 0 Å². The molecule has 0 aliphatic rings. The molecule has 0 aromatic heterocycles. The zero-order chi connectivity index (χ0) is 16.1. The van der Waals surface area contributed by atoms with Gasteiger partial charge in [-0.1, -0.05) is 0 Å². The molecule has 9 N–H and O–H groups in total. The molecule has 118 valence electrons. The third kappa shape index (κ3) is 14.4. The van der Waals surface area contributed by atoms with Gasteiger partial charge in [0.2, 0.25) is 0 Å². The van der Waals surface area contributed by atoms with Crippen LogP contribution in [0.25, 0.3) is 0 Å². The predicted molar refractivity (Wildman–Crippen MR) is 71.0 cm³/mol. The fourth-order valence-electron chi connectivity index (χ4n) is 1.06. The van der Waals surface area contributed by atoms with E-state index < -0.39 is 30.0 Å². The number of nitrogens with two attached hydrogens (primary N) is 3. The lowest BCUT2D eigenvalue weighted by Crippen LogP contribution is -2.30. The van der Waals surface area contributed by atoms with E-state index in [9.17, 15) is 14.4 Å². The molecular weight excluding hydrogens is 270 g/mol. The van der Waals surface area contributed by atoms with Crippen molar-refractivity contribution in [3.63, 3.8) is 0 Å². The molecule has 0 fully saturated rings. The highest BCUT2D eigenvalue weighted by molar-refractivity contribution is 5.73. The zero-order valence-electron chi connectivity index (χ0n) is 11.2. The van der Waals surface area contributed by atoms with Gasteiger partial charge in [0.05, 0.1) is 0 Å². The third-order valence-corrected chi connectivity index (χ3v) is 2.26. The molecule has 0 heterocycles. The molecule has 0 radical (unpaired) electrons. The van der Waals surface area contributed by atoms with Gasteiger partial charge in [0.25, 0.3) is 0 Å². The van der Waals surface area contributed by atoms with Crippen molar-refractivity contribution in [2.45, 2.75) is 44.2 Å². The van der Waals surface area contributed by atoms with Gasteiger partial charge in [-0.25, -0.2) is 0 Å². The van der Waals surface area contributed by atoms with E-state index in [0.29, 0.717) is 25.8 Å². The first-order valence-corrected chi connectivity index (χ1v) is 6.11. The normalized spacial score (nSPS) is 12.8. The molecule has 0 saturated heterocycles. The Bertz CT molecular complexity index is 311. The zero-order valence-corrected chi connectivity index (χ0v) is 11.2. The van der Waals surface area contributed by atoms with Crippen LogP contribution in [0.3, 0.4) is 0 Å². The van der Waals surface area contributed by atoms with Crippen molar-refractivity contribution in [3.05, 3.63) is 0 Å². The second-order valence-corrected chi connectivity index (χ2v) is 4.11. The van der Waals surface area contributed by atoms with Crippen molar-refractivity contribution in [3.8, 4) is 0 Å². The average Bonchev–Trinajstić information content (AvgIpc) is 2.35. The summed E-state index contributed by atoms with van der Waals surface area (Å²) < 4.78 is 0. The third-order valence-electron chi connectivity index (χ3n) is 2.26. The number of hydrogen-bond acceptors (Lipinski definition) is 6. The molecule has 0 spiro atoms. The van der Waals surface area contributed by atoms with Crippen molar-refractivity contribution in [1.82, 2.24) is 0 Å². The maximum atomic E-state index is 10.1. The highest BCUT2D eigenvalue weighted by Gasteiger charge is 2.11. The quantitative estimate of drug-likeness (QED) is 0.302. The molecule has 20 heavy (non-hydrogen) atoms. The lowest BCUT2D eigenvalue weighted by atomic mass is 10.1. The standard InChI is InChI=1S/C6H11NO4.C5H12N2O2/c7-4(6(10)11)2-1-3-5(8)9;6-3-1-2-4(7)5(8)9/h4H,1-3,7H2,(H,8,9)(H,10,11);4H,1-3,6-7H2,(H,8,9). The molecule has 0 aliphatic heterocycles. The molecule has 9 heteroatoms. The molecule has 0 amide bonds. The molecule has 2 atom stereocenters. The van der Waals surface area contributed by atoms with Crippen LogP contribution < -0.4 is 17.2 Å². The first-order valence-electron chi connectivity index (χ1n) is 6.11. The van der Waals surface area contributed by atoms with Crippen molar-refractivity contribution in [1.29, 1.82) is 0 Å². The Morgan fingerprint density at radius 2 is 1.25 bits per heavy atom. The Morgan fingerprint density at radius 1 is 0.850 bits per heavy atom. The van der Waals surface area contributed by atoms with Crippen LogP contribution in [0.1, 0.15) is 32.1 Å². The van der Waals surface area contributed by atoms with Crippen LogP contribution in [-0.2, 0) is 14.4 Å². The molecule has 0 aromatic rings. The smallest absolute Gasteiger partial charge is 0.320 e. The SMILES string of the molecule is NC(CCCC(=O)O)C(=O)O.NCCCC(N)C(=O)O. The van der Waals surface area contributed by atoms with Gasteiger partial charge < -0.3 is 32.5 Å². The summed E-state index contributed by atoms with van der Waals surface area (Å²) >= 11 is 0. The summed E-state index contributed by atoms with van der Waals surface area (Å²) in [7, 11) is 0. The monoisotopic (exact) mass is 293 g/mol. The van der Waals surface area contributed by atoms with Crippen LogP contribution in [0.2, 0.25) is 0 Å². The largest absolute Gasteiger partial charge is 0.481 e. The maximum Gasteiger partial charge on any atom is 0.320 e. The molecule has 2 unspecified atom stereocenters. The molecule has 0 rings (SSSR count). The van der Waals surface area contributed by atoms with Crippen molar-refractivity contribution >= 4 is 17.9 Å². The van der Waals surface area contributed by atoms with E-state index in [1.54, 1.807) is 0 Å². The van der Waals surface area contributed by atoms with E-state index in [-0.39, 0.29) is 12.8 Å². The van der Waals surface area contributed by atoms with Gasteiger partial charge in [-0.3, -0.25) is 14.4 Å². The summed E-state index contributed by atoms with van der Waals surface area (Å²) in [5.74, 6) is -2.97. The second kappa shape index (κ2) is 12.3. The van der Waals surface area contributed by atoms with Crippen LogP contribution >= 0.6 is 0 Å². The van der Waals surface area contributed by atoms with Gasteiger partial charge >= 0.3 is 17.9 Å². The molecule has 0 bridgehead atoms. The van der Waals surface area contributed by atoms with E-state index in [1.165, 1.54) is 0 Å². The van der Waals surface area contributed by atoms with Crippen LogP contribution in [0.4, 0.5) is 0 Å². The highest BCUT2D eigenvalue weighted by atomic mass is 16.4. The van der Waals surface area contributed by atoms with E-state index >= 15 is 0 Å². The molecule has 0 aromatic carbocycles. The number of carboxylic acids is 3. The Balaban J connectivity index is 0. The summed E-state index contributed by atoms with van der Waals surface area (Å²) in [6.07, 6.45) is 1.63. The number of aliphatic carboxylic acids is 3. The van der Waals surface area contributed by atoms with Crippen molar-refractivity contribution < 1.29 is 29.7 Å². The topological polar surface area (TPSA) is 190 Å². The van der Waals surface area contributed by atoms with E-state index in [0.717, 1.165) is 0 Å². The summed E-state index contributed by atoms with van der Waals surface area (Å²) in [4.78, 5) is 30.1. The predicted octanol–water partition coefficient (Wildman–Crippen LogP) is -1.21. The van der Waals surface area contributed by atoms with Crippen LogP contribution in [-0.4, -0.2) is 51.9 Å². The van der Waals surface area contributed by atoms with Crippen LogP contribution in [0, 0.1) is 0 Å². The summed E-state index contributed by atoms with van der Waals surface area (Å²) in [6, 6.07) is -1.68. The minimum atomic E-state index is -1.09. The van der Waals surface area contributed by atoms with Crippen LogP contribution in [0.15, 0.2) is 0 Å². The lowest BCUT2D eigenvalue weighted by molar-refractivity contribution is -0.140.